The Morgan fingerprint density at radius 1 is 1.21 bits per heavy atom. The smallest absolute Gasteiger partial charge is 0.0218 e. The zero-order valence-electron chi connectivity index (χ0n) is 12.6. The summed E-state index contributed by atoms with van der Waals surface area (Å²) >= 11 is 0. The summed E-state index contributed by atoms with van der Waals surface area (Å²) in [6.07, 6.45) is 1.26. The molecule has 0 amide bonds. The van der Waals surface area contributed by atoms with Gasteiger partial charge in [-0.05, 0) is 30.4 Å². The lowest BCUT2D eigenvalue weighted by Gasteiger charge is -2.36. The second-order valence-corrected chi connectivity index (χ2v) is 6.21. The van der Waals surface area contributed by atoms with Crippen LogP contribution < -0.4 is 5.32 Å². The monoisotopic (exact) mass is 260 g/mol. The molecule has 1 heterocycles. The SMILES string of the molecule is CC(CCN1CCNC(C(C)C)C1)c1ccccc1. The zero-order chi connectivity index (χ0) is 13.7. The van der Waals surface area contributed by atoms with E-state index in [9.17, 15) is 0 Å². The lowest BCUT2D eigenvalue weighted by Crippen LogP contribution is -2.53. The van der Waals surface area contributed by atoms with Gasteiger partial charge in [-0.1, -0.05) is 51.1 Å². The average Bonchev–Trinajstić information content (AvgIpc) is 2.46. The van der Waals surface area contributed by atoms with Crippen LogP contribution in [0, 0.1) is 5.92 Å². The highest BCUT2D eigenvalue weighted by molar-refractivity contribution is 5.18. The summed E-state index contributed by atoms with van der Waals surface area (Å²) in [5.74, 6) is 1.39. The Labute approximate surface area is 118 Å². The second-order valence-electron chi connectivity index (χ2n) is 6.21. The van der Waals surface area contributed by atoms with Crippen molar-refractivity contribution in [3.8, 4) is 0 Å². The van der Waals surface area contributed by atoms with Crippen molar-refractivity contribution in [2.75, 3.05) is 26.2 Å². The number of rotatable bonds is 5. The van der Waals surface area contributed by atoms with Gasteiger partial charge in [0, 0.05) is 25.7 Å². The van der Waals surface area contributed by atoms with Crippen molar-refractivity contribution in [1.82, 2.24) is 10.2 Å². The topological polar surface area (TPSA) is 15.3 Å². The van der Waals surface area contributed by atoms with E-state index < -0.39 is 0 Å². The molecule has 1 aliphatic heterocycles. The van der Waals surface area contributed by atoms with E-state index in [4.69, 9.17) is 0 Å². The normalized spacial score (nSPS) is 22.6. The summed E-state index contributed by atoms with van der Waals surface area (Å²) in [5, 5.41) is 3.63. The van der Waals surface area contributed by atoms with Gasteiger partial charge in [-0.2, -0.15) is 0 Å². The van der Waals surface area contributed by atoms with Crippen LogP contribution in [0.15, 0.2) is 30.3 Å². The molecule has 1 saturated heterocycles. The van der Waals surface area contributed by atoms with Gasteiger partial charge in [-0.25, -0.2) is 0 Å². The molecule has 1 aromatic carbocycles. The highest BCUT2D eigenvalue weighted by Crippen LogP contribution is 2.19. The molecule has 1 aromatic rings. The fourth-order valence-electron chi connectivity index (χ4n) is 2.82. The molecular weight excluding hydrogens is 232 g/mol. The summed E-state index contributed by atoms with van der Waals surface area (Å²) in [5.41, 5.74) is 1.47. The highest BCUT2D eigenvalue weighted by atomic mass is 15.2. The van der Waals surface area contributed by atoms with Crippen molar-refractivity contribution in [3.05, 3.63) is 35.9 Å². The maximum atomic E-state index is 3.63. The predicted octanol–water partition coefficient (Wildman–Crippen LogP) is 3.11. The van der Waals surface area contributed by atoms with Crippen LogP contribution in [-0.4, -0.2) is 37.1 Å². The number of nitrogens with zero attached hydrogens (tertiary/aromatic N) is 1. The summed E-state index contributed by atoms with van der Waals surface area (Å²) in [6.45, 7) is 11.7. The molecule has 2 nitrogen and oxygen atoms in total. The minimum absolute atomic E-state index is 0.661. The number of nitrogens with one attached hydrogen (secondary N) is 1. The van der Waals surface area contributed by atoms with Gasteiger partial charge < -0.3 is 10.2 Å². The largest absolute Gasteiger partial charge is 0.311 e. The number of hydrogen-bond donors (Lipinski definition) is 1. The predicted molar refractivity (Wildman–Crippen MR) is 82.5 cm³/mol. The first-order chi connectivity index (χ1) is 9.16. The Balaban J connectivity index is 1.79. The van der Waals surface area contributed by atoms with Crippen molar-refractivity contribution in [2.45, 2.75) is 39.2 Å². The van der Waals surface area contributed by atoms with Gasteiger partial charge in [-0.15, -0.1) is 0 Å². The molecule has 106 valence electrons. The van der Waals surface area contributed by atoms with Crippen LogP contribution in [-0.2, 0) is 0 Å². The van der Waals surface area contributed by atoms with Crippen LogP contribution in [0.2, 0.25) is 0 Å². The van der Waals surface area contributed by atoms with Gasteiger partial charge >= 0.3 is 0 Å². The third kappa shape index (κ3) is 4.32. The van der Waals surface area contributed by atoms with E-state index in [0.717, 1.165) is 12.5 Å². The lowest BCUT2D eigenvalue weighted by molar-refractivity contribution is 0.171. The van der Waals surface area contributed by atoms with E-state index >= 15 is 0 Å². The Hall–Kier alpha value is -0.860. The first-order valence-corrected chi connectivity index (χ1v) is 7.67. The summed E-state index contributed by atoms with van der Waals surface area (Å²) in [6, 6.07) is 11.6. The van der Waals surface area contributed by atoms with E-state index in [2.05, 4.69) is 61.3 Å². The third-order valence-electron chi connectivity index (χ3n) is 4.34. The summed E-state index contributed by atoms with van der Waals surface area (Å²) < 4.78 is 0. The molecule has 2 unspecified atom stereocenters. The van der Waals surface area contributed by atoms with Crippen LogP contribution in [0.4, 0.5) is 0 Å². The van der Waals surface area contributed by atoms with E-state index in [1.165, 1.54) is 31.6 Å². The van der Waals surface area contributed by atoms with Crippen LogP contribution in [0.25, 0.3) is 0 Å². The fourth-order valence-corrected chi connectivity index (χ4v) is 2.82. The highest BCUT2D eigenvalue weighted by Gasteiger charge is 2.21. The quantitative estimate of drug-likeness (QED) is 0.875. The first kappa shape index (κ1) is 14.5. The minimum Gasteiger partial charge on any atom is -0.311 e. The Bertz CT molecular complexity index is 361. The van der Waals surface area contributed by atoms with Gasteiger partial charge in [0.05, 0.1) is 0 Å². The molecule has 1 fully saturated rings. The maximum absolute atomic E-state index is 3.63. The molecule has 0 bridgehead atoms. The van der Waals surface area contributed by atoms with Crippen molar-refractivity contribution < 1.29 is 0 Å². The molecule has 0 aliphatic carbocycles. The van der Waals surface area contributed by atoms with Gasteiger partial charge in [0.1, 0.15) is 0 Å². The molecule has 1 N–H and O–H groups in total. The lowest BCUT2D eigenvalue weighted by atomic mass is 9.97. The molecule has 0 spiro atoms. The Morgan fingerprint density at radius 2 is 1.95 bits per heavy atom. The molecule has 2 atom stereocenters. The summed E-state index contributed by atoms with van der Waals surface area (Å²) in [4.78, 5) is 2.63. The van der Waals surface area contributed by atoms with Crippen LogP contribution in [0.3, 0.4) is 0 Å². The first-order valence-electron chi connectivity index (χ1n) is 7.67. The molecule has 19 heavy (non-hydrogen) atoms. The van der Waals surface area contributed by atoms with E-state index in [1.807, 2.05) is 0 Å². The van der Waals surface area contributed by atoms with Gasteiger partial charge in [0.25, 0.3) is 0 Å². The van der Waals surface area contributed by atoms with Crippen molar-refractivity contribution >= 4 is 0 Å². The van der Waals surface area contributed by atoms with Crippen molar-refractivity contribution in [1.29, 1.82) is 0 Å². The molecule has 0 aromatic heterocycles. The van der Waals surface area contributed by atoms with Crippen LogP contribution >= 0.6 is 0 Å². The standard InChI is InChI=1S/C17H28N2/c1-14(2)17-13-19(12-10-18-17)11-9-15(3)16-7-5-4-6-8-16/h4-8,14-15,17-18H,9-13H2,1-3H3. The molecule has 0 saturated carbocycles. The Morgan fingerprint density at radius 3 is 2.63 bits per heavy atom. The van der Waals surface area contributed by atoms with Crippen molar-refractivity contribution in [2.24, 2.45) is 5.92 Å². The summed E-state index contributed by atoms with van der Waals surface area (Å²) in [7, 11) is 0. The van der Waals surface area contributed by atoms with Gasteiger partial charge in [-0.3, -0.25) is 0 Å². The number of benzene rings is 1. The van der Waals surface area contributed by atoms with E-state index in [1.54, 1.807) is 0 Å². The fraction of sp³-hybridized carbons (Fsp3) is 0.647. The van der Waals surface area contributed by atoms with Gasteiger partial charge in [0.2, 0.25) is 0 Å². The van der Waals surface area contributed by atoms with Crippen LogP contribution in [0.1, 0.15) is 38.7 Å². The molecule has 2 heteroatoms. The minimum atomic E-state index is 0.661. The van der Waals surface area contributed by atoms with Crippen LogP contribution in [0.5, 0.6) is 0 Å². The maximum Gasteiger partial charge on any atom is 0.0218 e. The zero-order valence-corrected chi connectivity index (χ0v) is 12.6. The van der Waals surface area contributed by atoms with E-state index in [0.29, 0.717) is 12.0 Å². The number of piperazine rings is 1. The third-order valence-corrected chi connectivity index (χ3v) is 4.34. The average molecular weight is 260 g/mol. The van der Waals surface area contributed by atoms with Gasteiger partial charge in [0.15, 0.2) is 0 Å². The second kappa shape index (κ2) is 7.06. The Kier molecular flexibility index (Phi) is 5.41. The molecule has 0 radical (unpaired) electrons. The van der Waals surface area contributed by atoms with Crippen molar-refractivity contribution in [3.63, 3.8) is 0 Å². The molecule has 2 rings (SSSR count). The molecular formula is C17H28N2. The molecule has 1 aliphatic rings. The van der Waals surface area contributed by atoms with E-state index in [-0.39, 0.29) is 0 Å². The number of hydrogen-bond acceptors (Lipinski definition) is 2.